The minimum atomic E-state index is -1.05. The second kappa shape index (κ2) is 9.29. The van der Waals surface area contributed by atoms with Gasteiger partial charge in [-0.15, -0.1) is 0 Å². The first kappa shape index (κ1) is 21.1. The minimum Gasteiger partial charge on any atom is -0.254 e. The predicted molar refractivity (Wildman–Crippen MR) is 102 cm³/mol. The van der Waals surface area contributed by atoms with E-state index in [-0.39, 0.29) is 10.2 Å². The summed E-state index contributed by atoms with van der Waals surface area (Å²) in [5, 5.41) is 0. The molecule has 1 atom stereocenters. The zero-order chi connectivity index (χ0) is 17.4. The third-order valence-electron chi connectivity index (χ3n) is 5.26. The molecule has 0 aliphatic carbocycles. The van der Waals surface area contributed by atoms with E-state index in [2.05, 4.69) is 60.8 Å². The first-order chi connectivity index (χ1) is 10.3. The molecule has 0 aliphatic heterocycles. The lowest BCUT2D eigenvalue weighted by Gasteiger charge is -2.28. The first-order valence-electron chi connectivity index (χ1n) is 8.37. The van der Waals surface area contributed by atoms with Crippen LogP contribution >= 0.6 is 0 Å². The van der Waals surface area contributed by atoms with E-state index in [1.165, 1.54) is 5.57 Å². The van der Waals surface area contributed by atoms with E-state index in [0.717, 1.165) is 30.6 Å². The largest absolute Gasteiger partial charge is 0.254 e. The van der Waals surface area contributed by atoms with Crippen molar-refractivity contribution >= 4 is 10.8 Å². The zero-order valence-corrected chi connectivity index (χ0v) is 16.2. The van der Waals surface area contributed by atoms with Gasteiger partial charge in [-0.1, -0.05) is 66.0 Å². The van der Waals surface area contributed by atoms with Crippen LogP contribution in [0.2, 0.25) is 0 Å². The fourth-order valence-electron chi connectivity index (χ4n) is 2.35. The Kier molecular flexibility index (Phi) is 8.92. The summed E-state index contributed by atoms with van der Waals surface area (Å²) in [6.45, 7) is 20.7. The fraction of sp³-hybridized carbons (Fsp3) is 0.600. The standard InChI is InChI=1S/C20H34OS/c1-9-17(19(7,11-3)12-4)15-16-18(10-2)22(21)20(8,13-5)14-6/h9-10,15-16H,1-2,11-14H2,3-8H3/b17-15+,18-16+. The molecule has 2 heteroatoms. The Balaban J connectivity index is 5.71. The van der Waals surface area contributed by atoms with E-state index < -0.39 is 10.8 Å². The molecule has 0 bridgehead atoms. The molecule has 0 heterocycles. The first-order valence-corrected chi connectivity index (χ1v) is 9.52. The molecule has 1 unspecified atom stereocenters. The third-order valence-corrected chi connectivity index (χ3v) is 7.47. The maximum Gasteiger partial charge on any atom is 0.0588 e. The molecule has 126 valence electrons. The van der Waals surface area contributed by atoms with Gasteiger partial charge in [0.25, 0.3) is 0 Å². The Morgan fingerprint density at radius 1 is 0.909 bits per heavy atom. The molecule has 0 saturated carbocycles. The molecule has 0 rings (SSSR count). The van der Waals surface area contributed by atoms with E-state index in [0.29, 0.717) is 0 Å². The zero-order valence-electron chi connectivity index (χ0n) is 15.4. The molecule has 0 N–H and O–H groups in total. The maximum atomic E-state index is 12.9. The van der Waals surface area contributed by atoms with Crippen LogP contribution in [0, 0.1) is 5.41 Å². The molecule has 0 amide bonds. The van der Waals surface area contributed by atoms with Gasteiger partial charge in [-0.05, 0) is 49.7 Å². The second-order valence-electron chi connectivity index (χ2n) is 6.29. The van der Waals surface area contributed by atoms with Gasteiger partial charge in [0.1, 0.15) is 0 Å². The lowest BCUT2D eigenvalue weighted by Crippen LogP contribution is -2.29. The quantitative estimate of drug-likeness (QED) is 0.430. The lowest BCUT2D eigenvalue weighted by molar-refractivity contribution is 0.377. The second-order valence-corrected chi connectivity index (χ2v) is 8.29. The summed E-state index contributed by atoms with van der Waals surface area (Å²) in [4.78, 5) is 0.806. The smallest absolute Gasteiger partial charge is 0.0588 e. The lowest BCUT2D eigenvalue weighted by atomic mass is 9.77. The van der Waals surface area contributed by atoms with E-state index in [1.54, 1.807) is 6.08 Å². The van der Waals surface area contributed by atoms with Crippen molar-refractivity contribution in [2.24, 2.45) is 5.41 Å². The minimum absolute atomic E-state index is 0.116. The average molecular weight is 323 g/mol. The van der Waals surface area contributed by atoms with E-state index >= 15 is 0 Å². The molecule has 1 nitrogen and oxygen atoms in total. The highest BCUT2D eigenvalue weighted by Crippen LogP contribution is 2.35. The predicted octanol–water partition coefficient (Wildman–Crippen LogP) is 6.32. The summed E-state index contributed by atoms with van der Waals surface area (Å²) in [6.07, 6.45) is 11.6. The van der Waals surface area contributed by atoms with Crippen LogP contribution in [0.5, 0.6) is 0 Å². The van der Waals surface area contributed by atoms with Crippen molar-refractivity contribution in [2.45, 2.75) is 72.0 Å². The maximum absolute atomic E-state index is 12.9. The van der Waals surface area contributed by atoms with Gasteiger partial charge in [-0.2, -0.15) is 0 Å². The van der Waals surface area contributed by atoms with Crippen molar-refractivity contribution in [3.05, 3.63) is 47.9 Å². The number of hydrogen-bond donors (Lipinski definition) is 0. The van der Waals surface area contributed by atoms with Crippen LogP contribution in [0.1, 0.15) is 67.2 Å². The van der Waals surface area contributed by atoms with Gasteiger partial charge >= 0.3 is 0 Å². The van der Waals surface area contributed by atoms with Crippen LogP contribution in [-0.2, 0) is 10.8 Å². The van der Waals surface area contributed by atoms with Crippen LogP contribution in [0.4, 0.5) is 0 Å². The normalized spacial score (nSPS) is 15.5. The Morgan fingerprint density at radius 3 is 1.73 bits per heavy atom. The Hall–Kier alpha value is -0.890. The SMILES string of the molecule is C=C/C(=C\C=C(/C=C)C(C)(CC)CC)S(=O)C(C)(CC)CC. The van der Waals surface area contributed by atoms with Crippen molar-refractivity contribution in [3.63, 3.8) is 0 Å². The van der Waals surface area contributed by atoms with Crippen molar-refractivity contribution < 1.29 is 4.21 Å². The molecule has 0 aromatic carbocycles. The van der Waals surface area contributed by atoms with Gasteiger partial charge in [-0.25, -0.2) is 0 Å². The summed E-state index contributed by atoms with van der Waals surface area (Å²) in [5.74, 6) is 0. The summed E-state index contributed by atoms with van der Waals surface area (Å²) in [6, 6.07) is 0. The van der Waals surface area contributed by atoms with Crippen LogP contribution in [0.25, 0.3) is 0 Å². The van der Waals surface area contributed by atoms with Gasteiger partial charge in [0.2, 0.25) is 0 Å². The average Bonchev–Trinajstić information content (AvgIpc) is 2.56. The molecular formula is C20H34OS. The Bertz CT molecular complexity index is 460. The van der Waals surface area contributed by atoms with Crippen molar-refractivity contribution in [3.8, 4) is 0 Å². The molecule has 0 radical (unpaired) electrons. The van der Waals surface area contributed by atoms with Crippen molar-refractivity contribution in [2.75, 3.05) is 0 Å². The van der Waals surface area contributed by atoms with Crippen LogP contribution in [0.15, 0.2) is 47.9 Å². The monoisotopic (exact) mass is 322 g/mol. The van der Waals surface area contributed by atoms with Crippen LogP contribution in [-0.4, -0.2) is 8.96 Å². The summed E-state index contributed by atoms with van der Waals surface area (Å²) in [5.41, 5.74) is 1.31. The Morgan fingerprint density at radius 2 is 1.41 bits per heavy atom. The van der Waals surface area contributed by atoms with Crippen LogP contribution < -0.4 is 0 Å². The number of allylic oxidation sites excluding steroid dienone is 5. The molecule has 0 aliphatic rings. The highest BCUT2D eigenvalue weighted by atomic mass is 32.2. The molecule has 0 aromatic rings. The van der Waals surface area contributed by atoms with Gasteiger partial charge in [-0.3, -0.25) is 4.21 Å². The molecule has 22 heavy (non-hydrogen) atoms. The van der Waals surface area contributed by atoms with E-state index in [1.807, 2.05) is 12.2 Å². The van der Waals surface area contributed by atoms with Gasteiger partial charge < -0.3 is 0 Å². The van der Waals surface area contributed by atoms with E-state index in [4.69, 9.17) is 0 Å². The fourth-order valence-corrected chi connectivity index (χ4v) is 3.78. The van der Waals surface area contributed by atoms with Gasteiger partial charge in [0.05, 0.1) is 10.8 Å². The number of hydrogen-bond acceptors (Lipinski definition) is 1. The molecule has 0 saturated heterocycles. The molecule has 0 fully saturated rings. The summed E-state index contributed by atoms with van der Waals surface area (Å²) >= 11 is 0. The van der Waals surface area contributed by atoms with Crippen LogP contribution in [0.3, 0.4) is 0 Å². The third kappa shape index (κ3) is 4.81. The van der Waals surface area contributed by atoms with E-state index in [9.17, 15) is 4.21 Å². The van der Waals surface area contributed by atoms with Crippen molar-refractivity contribution in [1.82, 2.24) is 0 Å². The molecule has 0 spiro atoms. The van der Waals surface area contributed by atoms with Crippen molar-refractivity contribution in [1.29, 1.82) is 0 Å². The highest BCUT2D eigenvalue weighted by Gasteiger charge is 2.29. The summed E-state index contributed by atoms with van der Waals surface area (Å²) in [7, 11) is -1.05. The molecule has 0 aromatic heterocycles. The summed E-state index contributed by atoms with van der Waals surface area (Å²) < 4.78 is 12.7. The van der Waals surface area contributed by atoms with Gasteiger partial charge in [0, 0.05) is 9.65 Å². The topological polar surface area (TPSA) is 17.1 Å². The number of rotatable bonds is 10. The van der Waals surface area contributed by atoms with Gasteiger partial charge in [0.15, 0.2) is 0 Å². The highest BCUT2D eigenvalue weighted by molar-refractivity contribution is 7.90. The molecular weight excluding hydrogens is 288 g/mol. The Labute approximate surface area is 140 Å².